The van der Waals surface area contributed by atoms with E-state index in [2.05, 4.69) is 41.5 Å². The van der Waals surface area contributed by atoms with E-state index in [0.717, 1.165) is 0 Å². The first-order valence-electron chi connectivity index (χ1n) is 7.66. The summed E-state index contributed by atoms with van der Waals surface area (Å²) in [6, 6.07) is 0. The molecule has 0 fully saturated rings. The van der Waals surface area contributed by atoms with Crippen LogP contribution in [0.25, 0.3) is 0 Å². The molecular formula is C16H35NdO2P+. The summed E-state index contributed by atoms with van der Waals surface area (Å²) in [6.07, 6.45) is 10.4. The van der Waals surface area contributed by atoms with Crippen LogP contribution >= 0.6 is 8.69 Å². The summed E-state index contributed by atoms with van der Waals surface area (Å²) in [5.41, 5.74) is 0. The van der Waals surface area contributed by atoms with Crippen LogP contribution in [0.15, 0.2) is 0 Å². The molecule has 2 unspecified atom stereocenters. The largest absolute Gasteiger partial charge is 3.00 e. The number of rotatable bonds is 8. The summed E-state index contributed by atoms with van der Waals surface area (Å²) >= 11 is 0. The van der Waals surface area contributed by atoms with Crippen molar-refractivity contribution in [2.45, 2.75) is 79.1 Å². The van der Waals surface area contributed by atoms with E-state index in [1.54, 1.807) is 0 Å². The van der Waals surface area contributed by atoms with Gasteiger partial charge in [0.25, 0.3) is 0 Å². The molecule has 1 N–H and O–H groups in total. The van der Waals surface area contributed by atoms with Crippen LogP contribution in [0.2, 0.25) is 0 Å². The van der Waals surface area contributed by atoms with Crippen LogP contribution in [0, 0.1) is 66.5 Å². The molecule has 0 aliphatic rings. The fourth-order valence-corrected chi connectivity index (χ4v) is 1.39. The second-order valence-electron chi connectivity index (χ2n) is 4.91. The van der Waals surface area contributed by atoms with Crippen molar-refractivity contribution in [2.24, 2.45) is 11.8 Å². The van der Waals surface area contributed by atoms with Gasteiger partial charge in [-0.1, -0.05) is 79.1 Å². The molecule has 0 saturated heterocycles. The van der Waals surface area contributed by atoms with Gasteiger partial charge in [0.2, 0.25) is 0 Å². The summed E-state index contributed by atoms with van der Waals surface area (Å²) in [4.78, 5) is 6.99. The molecule has 0 aliphatic heterocycles. The number of unbranched alkanes of at least 4 members (excludes halogenated alkanes) is 2. The summed E-state index contributed by atoms with van der Waals surface area (Å²) < 4.78 is 8.46. The zero-order chi connectivity index (χ0) is 15.5. The third kappa shape index (κ3) is 36.6. The average Bonchev–Trinajstić information content (AvgIpc) is 2.43. The molecule has 0 saturated carbocycles. The first-order chi connectivity index (χ1) is 9.03. The molecule has 20 heavy (non-hydrogen) atoms. The molecule has 1 radical (unpaired) electrons. The van der Waals surface area contributed by atoms with E-state index in [1.807, 2.05) is 0 Å². The van der Waals surface area contributed by atoms with E-state index < -0.39 is 8.69 Å². The molecule has 119 valence electrons. The summed E-state index contributed by atoms with van der Waals surface area (Å²) in [5, 5.41) is 0. The zero-order valence-electron chi connectivity index (χ0n) is 14.0. The van der Waals surface area contributed by atoms with E-state index in [0.29, 0.717) is 11.8 Å². The van der Waals surface area contributed by atoms with Crippen molar-refractivity contribution in [1.29, 1.82) is 0 Å². The summed E-state index contributed by atoms with van der Waals surface area (Å²) in [7, 11) is -0.833. The maximum absolute atomic E-state index is 8.46. The molecule has 2 atom stereocenters. The van der Waals surface area contributed by atoms with Crippen LogP contribution in [-0.4, -0.2) is 4.89 Å². The van der Waals surface area contributed by atoms with E-state index in [-0.39, 0.29) is 40.8 Å². The zero-order valence-corrected chi connectivity index (χ0v) is 18.1. The minimum atomic E-state index is -0.833. The second kappa shape index (κ2) is 28.6. The third-order valence-corrected chi connectivity index (χ3v) is 3.09. The van der Waals surface area contributed by atoms with E-state index in [1.165, 1.54) is 51.4 Å². The van der Waals surface area contributed by atoms with Crippen molar-refractivity contribution in [3.05, 3.63) is 13.8 Å². The SMILES string of the molecule is O=PO.[CH2-]C(CC)CCCC.[CH2-]C(CC)CCCC.[Nd+3]. The van der Waals surface area contributed by atoms with Crippen LogP contribution < -0.4 is 0 Å². The normalized spacial score (nSPS) is 12.2. The van der Waals surface area contributed by atoms with Gasteiger partial charge in [-0.3, -0.25) is 0 Å². The van der Waals surface area contributed by atoms with Gasteiger partial charge in [0.1, 0.15) is 0 Å². The van der Waals surface area contributed by atoms with Crippen molar-refractivity contribution in [3.63, 3.8) is 0 Å². The van der Waals surface area contributed by atoms with Crippen molar-refractivity contribution in [3.8, 4) is 0 Å². The Morgan fingerprint density at radius 1 is 0.900 bits per heavy atom. The molecule has 4 heteroatoms. The topological polar surface area (TPSA) is 37.3 Å². The minimum Gasteiger partial charge on any atom is -0.340 e. The molecule has 0 heterocycles. The van der Waals surface area contributed by atoms with Gasteiger partial charge >= 0.3 is 49.5 Å². The average molecular weight is 435 g/mol. The van der Waals surface area contributed by atoms with Gasteiger partial charge in [0.05, 0.1) is 0 Å². The first-order valence-corrected chi connectivity index (χ1v) is 8.43. The van der Waals surface area contributed by atoms with Gasteiger partial charge in [-0.2, -0.15) is 11.8 Å². The van der Waals surface area contributed by atoms with Crippen molar-refractivity contribution < 1.29 is 50.3 Å². The standard InChI is InChI=1S/2C8H17.Nd.HO2P/c2*1-4-6-7-8(3)5-2;;1-3-2/h2*8H,3-7H2,1-2H3;;(H,1,2)/q2*-1;+3;. The van der Waals surface area contributed by atoms with Gasteiger partial charge in [-0.15, -0.1) is 0 Å². The maximum atomic E-state index is 8.46. The van der Waals surface area contributed by atoms with Crippen LogP contribution in [0.3, 0.4) is 0 Å². The van der Waals surface area contributed by atoms with E-state index >= 15 is 0 Å². The molecule has 0 spiro atoms. The molecule has 0 bridgehead atoms. The van der Waals surface area contributed by atoms with Crippen LogP contribution in [-0.2, 0) is 4.57 Å². The quantitative estimate of drug-likeness (QED) is 0.362. The molecule has 0 aromatic carbocycles. The fourth-order valence-electron chi connectivity index (χ4n) is 1.39. The molecule has 0 amide bonds. The Balaban J connectivity index is -0.000000103. The predicted molar refractivity (Wildman–Crippen MR) is 87.2 cm³/mol. The monoisotopic (exact) mass is 432 g/mol. The Bertz CT molecular complexity index is 143. The maximum Gasteiger partial charge on any atom is 3.00 e. The Hall–Kier alpha value is 1.41. The minimum absolute atomic E-state index is 0. The third-order valence-electron chi connectivity index (χ3n) is 3.09. The molecule has 2 nitrogen and oxygen atoms in total. The van der Waals surface area contributed by atoms with Crippen molar-refractivity contribution in [2.75, 3.05) is 0 Å². The van der Waals surface area contributed by atoms with Crippen LogP contribution in [0.4, 0.5) is 0 Å². The number of hydrogen-bond donors (Lipinski definition) is 1. The summed E-state index contributed by atoms with van der Waals surface area (Å²) in [6.45, 7) is 16.8. The fraction of sp³-hybridized carbons (Fsp3) is 0.875. The Labute approximate surface area is 162 Å². The van der Waals surface area contributed by atoms with Gasteiger partial charge in [0.15, 0.2) is 0 Å². The predicted octanol–water partition coefficient (Wildman–Crippen LogP) is 6.26. The second-order valence-corrected chi connectivity index (χ2v) is 5.08. The summed E-state index contributed by atoms with van der Waals surface area (Å²) in [5.74, 6) is 1.41. The van der Waals surface area contributed by atoms with Crippen molar-refractivity contribution >= 4 is 8.69 Å². The van der Waals surface area contributed by atoms with Gasteiger partial charge in [-0.25, -0.2) is 4.57 Å². The Morgan fingerprint density at radius 3 is 1.30 bits per heavy atom. The molecule has 0 aromatic heterocycles. The van der Waals surface area contributed by atoms with E-state index in [4.69, 9.17) is 9.46 Å². The Kier molecular flexibility index (Phi) is 42.0. The molecule has 0 aliphatic carbocycles. The first kappa shape index (κ1) is 29.4. The smallest absolute Gasteiger partial charge is 0.340 e. The number of hydrogen-bond acceptors (Lipinski definition) is 1. The van der Waals surface area contributed by atoms with E-state index in [9.17, 15) is 0 Å². The molecular weight excluding hydrogens is 399 g/mol. The Morgan fingerprint density at radius 2 is 1.15 bits per heavy atom. The molecule has 0 aromatic rings. The van der Waals surface area contributed by atoms with Gasteiger partial charge < -0.3 is 18.7 Å². The van der Waals surface area contributed by atoms with Crippen LogP contribution in [0.1, 0.15) is 79.1 Å². The van der Waals surface area contributed by atoms with Crippen molar-refractivity contribution in [1.82, 2.24) is 0 Å². The van der Waals surface area contributed by atoms with Gasteiger partial charge in [0, 0.05) is 0 Å². The van der Waals surface area contributed by atoms with Gasteiger partial charge in [-0.05, 0) is 0 Å². The van der Waals surface area contributed by atoms with Crippen LogP contribution in [0.5, 0.6) is 0 Å². The molecule has 0 rings (SSSR count).